The van der Waals surface area contributed by atoms with Gasteiger partial charge in [0.2, 0.25) is 0 Å². The highest BCUT2D eigenvalue weighted by Crippen LogP contribution is 2.31. The first-order chi connectivity index (χ1) is 8.82. The third-order valence-corrected chi connectivity index (χ3v) is 8.43. The van der Waals surface area contributed by atoms with Gasteiger partial charge in [0.15, 0.2) is 0 Å². The lowest BCUT2D eigenvalue weighted by Gasteiger charge is -2.20. The maximum absolute atomic E-state index is 2.49. The van der Waals surface area contributed by atoms with Gasteiger partial charge in [-0.1, -0.05) is 37.4 Å². The van der Waals surface area contributed by atoms with Crippen LogP contribution in [-0.4, -0.2) is 8.07 Å². The molecular weight excluding hydrogens is 244 g/mol. The lowest BCUT2D eigenvalue weighted by molar-refractivity contribution is 1.34. The van der Waals surface area contributed by atoms with E-state index in [1.807, 2.05) is 0 Å². The maximum atomic E-state index is 2.49. The SMILES string of the molecule is Cc1cc2c(cc1C)[Si](C)(C)c1cc(C)c(C)cc1-2. The van der Waals surface area contributed by atoms with Gasteiger partial charge in [-0.05, 0) is 71.4 Å². The van der Waals surface area contributed by atoms with Gasteiger partial charge in [0.25, 0.3) is 0 Å². The van der Waals surface area contributed by atoms with Crippen LogP contribution in [0.5, 0.6) is 0 Å². The van der Waals surface area contributed by atoms with Crippen molar-refractivity contribution in [3.8, 4) is 11.1 Å². The zero-order valence-electron chi connectivity index (χ0n) is 12.8. The average molecular weight is 266 g/mol. The normalized spacial score (nSPS) is 15.3. The zero-order valence-corrected chi connectivity index (χ0v) is 13.8. The van der Waals surface area contributed by atoms with E-state index in [9.17, 15) is 0 Å². The van der Waals surface area contributed by atoms with Crippen LogP contribution in [0, 0.1) is 27.7 Å². The topological polar surface area (TPSA) is 0 Å². The van der Waals surface area contributed by atoms with Gasteiger partial charge < -0.3 is 0 Å². The average Bonchev–Trinajstić information content (AvgIpc) is 2.52. The highest BCUT2D eigenvalue weighted by atomic mass is 28.3. The molecule has 0 aromatic heterocycles. The molecule has 2 aromatic carbocycles. The van der Waals surface area contributed by atoms with Crippen molar-refractivity contribution in [2.75, 3.05) is 0 Å². The van der Waals surface area contributed by atoms with Crippen molar-refractivity contribution in [2.24, 2.45) is 0 Å². The van der Waals surface area contributed by atoms with E-state index in [-0.39, 0.29) is 0 Å². The van der Waals surface area contributed by atoms with Crippen molar-refractivity contribution < 1.29 is 0 Å². The molecule has 0 saturated heterocycles. The van der Waals surface area contributed by atoms with Gasteiger partial charge in [0.1, 0.15) is 8.07 Å². The predicted octanol–water partition coefficient (Wildman–Crippen LogP) is 3.72. The van der Waals surface area contributed by atoms with Crippen LogP contribution in [0.15, 0.2) is 24.3 Å². The number of rotatable bonds is 0. The molecule has 0 unspecified atom stereocenters. The van der Waals surface area contributed by atoms with E-state index < -0.39 is 8.07 Å². The van der Waals surface area contributed by atoms with Gasteiger partial charge in [-0.25, -0.2) is 0 Å². The van der Waals surface area contributed by atoms with Crippen molar-refractivity contribution >= 4 is 18.4 Å². The van der Waals surface area contributed by atoms with Crippen molar-refractivity contribution in [2.45, 2.75) is 40.8 Å². The second kappa shape index (κ2) is 3.83. The molecule has 0 atom stereocenters. The monoisotopic (exact) mass is 266 g/mol. The van der Waals surface area contributed by atoms with Gasteiger partial charge >= 0.3 is 0 Å². The molecule has 0 spiro atoms. The summed E-state index contributed by atoms with van der Waals surface area (Å²) in [7, 11) is -1.49. The fourth-order valence-electron chi connectivity index (χ4n) is 3.26. The van der Waals surface area contributed by atoms with Crippen LogP contribution in [0.3, 0.4) is 0 Å². The van der Waals surface area contributed by atoms with Gasteiger partial charge in [0, 0.05) is 0 Å². The van der Waals surface area contributed by atoms with E-state index in [4.69, 9.17) is 0 Å². The van der Waals surface area contributed by atoms with Gasteiger partial charge in [-0.2, -0.15) is 0 Å². The standard InChI is InChI=1S/C18H22Si/c1-11-7-15-16-8-12(2)14(4)10-18(16)19(5,6)17(15)9-13(11)3/h7-10H,1-6H3. The Balaban J connectivity index is 2.40. The van der Waals surface area contributed by atoms with Gasteiger partial charge in [0.05, 0.1) is 0 Å². The van der Waals surface area contributed by atoms with Crippen LogP contribution < -0.4 is 10.4 Å². The molecule has 0 N–H and O–H groups in total. The Kier molecular flexibility index (Phi) is 2.55. The van der Waals surface area contributed by atoms with Crippen LogP contribution in [0.2, 0.25) is 13.1 Å². The quantitative estimate of drug-likeness (QED) is 0.638. The summed E-state index contributed by atoms with van der Waals surface area (Å²) in [6, 6.07) is 9.70. The first-order valence-electron chi connectivity index (χ1n) is 7.06. The molecule has 3 rings (SSSR count). The van der Waals surface area contributed by atoms with E-state index in [0.29, 0.717) is 0 Å². The molecule has 1 aliphatic heterocycles. The minimum Gasteiger partial charge on any atom is -0.0616 e. The molecule has 1 heterocycles. The predicted molar refractivity (Wildman–Crippen MR) is 87.6 cm³/mol. The molecule has 0 nitrogen and oxygen atoms in total. The number of hydrogen-bond donors (Lipinski definition) is 0. The molecular formula is C18H22Si. The molecule has 0 aliphatic carbocycles. The molecule has 98 valence electrons. The van der Waals surface area contributed by atoms with Crippen LogP contribution in [-0.2, 0) is 0 Å². The van der Waals surface area contributed by atoms with Gasteiger partial charge in [-0.15, -0.1) is 0 Å². The minimum atomic E-state index is -1.49. The molecule has 1 heteroatoms. The van der Waals surface area contributed by atoms with Crippen LogP contribution >= 0.6 is 0 Å². The number of benzene rings is 2. The van der Waals surface area contributed by atoms with E-state index in [2.05, 4.69) is 65.1 Å². The molecule has 2 aromatic rings. The molecule has 0 amide bonds. The Morgan fingerprint density at radius 3 is 1.26 bits per heavy atom. The zero-order chi connectivity index (χ0) is 13.9. The third-order valence-electron chi connectivity index (χ3n) is 4.90. The van der Waals surface area contributed by atoms with E-state index in [1.54, 1.807) is 10.4 Å². The highest BCUT2D eigenvalue weighted by molar-refractivity contribution is 7.03. The Morgan fingerprint density at radius 2 is 0.895 bits per heavy atom. The third kappa shape index (κ3) is 1.64. The lowest BCUT2D eigenvalue weighted by Crippen LogP contribution is -2.49. The summed E-state index contributed by atoms with van der Waals surface area (Å²) >= 11 is 0. The maximum Gasteiger partial charge on any atom is 0.113 e. The Bertz CT molecular complexity index is 634. The first-order valence-corrected chi connectivity index (χ1v) is 10.1. The number of fused-ring (bicyclic) bond motifs is 3. The number of aryl methyl sites for hydroxylation is 4. The van der Waals surface area contributed by atoms with Gasteiger partial charge in [-0.3, -0.25) is 0 Å². The van der Waals surface area contributed by atoms with Crippen LogP contribution in [0.25, 0.3) is 11.1 Å². The summed E-state index contributed by atoms with van der Waals surface area (Å²) in [6.07, 6.45) is 0. The fraction of sp³-hybridized carbons (Fsp3) is 0.333. The molecule has 0 bridgehead atoms. The smallest absolute Gasteiger partial charge is 0.0616 e. The molecule has 1 aliphatic rings. The Labute approximate surface area is 117 Å². The highest BCUT2D eigenvalue weighted by Gasteiger charge is 2.37. The second-order valence-corrected chi connectivity index (χ2v) is 10.9. The van der Waals surface area contributed by atoms with Crippen LogP contribution in [0.4, 0.5) is 0 Å². The molecule has 0 radical (unpaired) electrons. The Morgan fingerprint density at radius 1 is 0.579 bits per heavy atom. The van der Waals surface area contributed by atoms with E-state index in [0.717, 1.165) is 0 Å². The molecule has 0 saturated carbocycles. The largest absolute Gasteiger partial charge is 0.113 e. The van der Waals surface area contributed by atoms with Crippen molar-refractivity contribution in [3.05, 3.63) is 46.5 Å². The van der Waals surface area contributed by atoms with Crippen molar-refractivity contribution in [1.29, 1.82) is 0 Å². The van der Waals surface area contributed by atoms with E-state index in [1.165, 1.54) is 33.4 Å². The number of hydrogen-bond acceptors (Lipinski definition) is 0. The summed E-state index contributed by atoms with van der Waals surface area (Å²) in [5.74, 6) is 0. The summed E-state index contributed by atoms with van der Waals surface area (Å²) < 4.78 is 0. The lowest BCUT2D eigenvalue weighted by atomic mass is 9.98. The molecule has 0 fully saturated rings. The summed E-state index contributed by atoms with van der Waals surface area (Å²) in [4.78, 5) is 0. The van der Waals surface area contributed by atoms with E-state index >= 15 is 0 Å². The van der Waals surface area contributed by atoms with Crippen molar-refractivity contribution in [1.82, 2.24) is 0 Å². The second-order valence-electron chi connectivity index (χ2n) is 6.59. The van der Waals surface area contributed by atoms with Crippen LogP contribution in [0.1, 0.15) is 22.3 Å². The summed E-state index contributed by atoms with van der Waals surface area (Å²) in [5.41, 5.74) is 8.68. The summed E-state index contributed by atoms with van der Waals surface area (Å²) in [6.45, 7) is 13.9. The summed E-state index contributed by atoms with van der Waals surface area (Å²) in [5, 5.41) is 3.24. The van der Waals surface area contributed by atoms with Crippen molar-refractivity contribution in [3.63, 3.8) is 0 Å². The molecule has 19 heavy (non-hydrogen) atoms. The minimum absolute atomic E-state index is 1.41. The Hall–Kier alpha value is -1.34. The first kappa shape index (κ1) is 12.7. The fourth-order valence-corrected chi connectivity index (χ4v) is 6.46.